The summed E-state index contributed by atoms with van der Waals surface area (Å²) in [7, 11) is 0. The van der Waals surface area contributed by atoms with Crippen molar-refractivity contribution in [2.24, 2.45) is 5.11 Å². The van der Waals surface area contributed by atoms with Crippen molar-refractivity contribution in [1.29, 1.82) is 0 Å². The summed E-state index contributed by atoms with van der Waals surface area (Å²) in [5.41, 5.74) is 8.60. The van der Waals surface area contributed by atoms with Gasteiger partial charge in [0.25, 0.3) is 0 Å². The summed E-state index contributed by atoms with van der Waals surface area (Å²) in [5, 5.41) is 3.31. The molecule has 0 atom stereocenters. The average molecular weight is 138 g/mol. The minimum Gasteiger partial charge on any atom is -0.449 e. The minimum atomic E-state index is 0.258. The molecule has 0 aliphatic heterocycles. The number of oxazole rings is 1. The Hall–Kier alpha value is -1.48. The molecule has 1 heterocycles. The molecule has 0 unspecified atom stereocenters. The number of hydrogen-bond donors (Lipinski definition) is 0. The van der Waals surface area contributed by atoms with Crippen LogP contribution in [0.15, 0.2) is 15.8 Å². The first-order chi connectivity index (χ1) is 4.83. The fourth-order valence-electron chi connectivity index (χ4n) is 0.585. The molecular weight excluding hydrogens is 132 g/mol. The molecule has 0 fully saturated rings. The molecule has 1 rings (SSSR count). The Morgan fingerprint density at radius 1 is 1.90 bits per heavy atom. The van der Waals surface area contributed by atoms with Gasteiger partial charge in [0, 0.05) is 11.8 Å². The number of hydrogen-bond acceptors (Lipinski definition) is 3. The monoisotopic (exact) mass is 138 g/mol. The van der Waals surface area contributed by atoms with Gasteiger partial charge in [0.2, 0.25) is 0 Å². The molecule has 52 valence electrons. The largest absolute Gasteiger partial charge is 0.449 e. The molecule has 0 aliphatic rings. The third kappa shape index (κ3) is 1.50. The molecule has 0 aromatic carbocycles. The molecule has 1 aromatic rings. The average Bonchev–Trinajstić information content (AvgIpc) is 2.31. The predicted octanol–water partition coefficient (Wildman–Crippen LogP) is 1.79. The standard InChI is InChI=1S/C5H6N4O/c1-4-8-5(3-10-4)2-7-9-6/h3H,2H2,1H3. The van der Waals surface area contributed by atoms with Gasteiger partial charge in [0.1, 0.15) is 6.26 Å². The first-order valence-corrected chi connectivity index (χ1v) is 2.75. The van der Waals surface area contributed by atoms with Crippen LogP contribution in [0.2, 0.25) is 0 Å². The summed E-state index contributed by atoms with van der Waals surface area (Å²) < 4.78 is 4.87. The van der Waals surface area contributed by atoms with Gasteiger partial charge in [-0.15, -0.1) is 0 Å². The Morgan fingerprint density at radius 3 is 3.20 bits per heavy atom. The summed E-state index contributed by atoms with van der Waals surface area (Å²) in [6.07, 6.45) is 1.48. The van der Waals surface area contributed by atoms with E-state index in [2.05, 4.69) is 15.0 Å². The van der Waals surface area contributed by atoms with Crippen molar-refractivity contribution in [3.05, 3.63) is 28.3 Å². The Balaban J connectivity index is 2.66. The fourth-order valence-corrected chi connectivity index (χ4v) is 0.585. The van der Waals surface area contributed by atoms with Gasteiger partial charge in [-0.25, -0.2) is 4.98 Å². The second-order valence-corrected chi connectivity index (χ2v) is 1.75. The smallest absolute Gasteiger partial charge is 0.191 e. The van der Waals surface area contributed by atoms with Crippen LogP contribution in [0.1, 0.15) is 11.6 Å². The van der Waals surface area contributed by atoms with Crippen LogP contribution < -0.4 is 0 Å². The summed E-state index contributed by atoms with van der Waals surface area (Å²) in [5.74, 6) is 0.586. The number of rotatable bonds is 2. The third-order valence-corrected chi connectivity index (χ3v) is 0.963. The Labute approximate surface area is 57.3 Å². The highest BCUT2D eigenvalue weighted by molar-refractivity contribution is 4.94. The second-order valence-electron chi connectivity index (χ2n) is 1.75. The van der Waals surface area contributed by atoms with Gasteiger partial charge in [0.15, 0.2) is 5.89 Å². The normalized spacial score (nSPS) is 8.90. The predicted molar refractivity (Wildman–Crippen MR) is 34.1 cm³/mol. The van der Waals surface area contributed by atoms with E-state index in [-0.39, 0.29) is 6.54 Å². The summed E-state index contributed by atoms with van der Waals surface area (Å²) >= 11 is 0. The molecule has 0 saturated heterocycles. The first-order valence-electron chi connectivity index (χ1n) is 2.75. The van der Waals surface area contributed by atoms with E-state index in [0.717, 1.165) is 0 Å². The van der Waals surface area contributed by atoms with Crippen LogP contribution in [-0.4, -0.2) is 4.98 Å². The van der Waals surface area contributed by atoms with Crippen LogP contribution in [0.5, 0.6) is 0 Å². The van der Waals surface area contributed by atoms with Gasteiger partial charge >= 0.3 is 0 Å². The van der Waals surface area contributed by atoms with Crippen LogP contribution in [0.3, 0.4) is 0 Å². The Bertz CT molecular complexity index is 260. The lowest BCUT2D eigenvalue weighted by molar-refractivity contribution is 0.520. The van der Waals surface area contributed by atoms with Gasteiger partial charge in [-0.3, -0.25) is 0 Å². The molecule has 5 nitrogen and oxygen atoms in total. The van der Waals surface area contributed by atoms with Crippen molar-refractivity contribution in [2.45, 2.75) is 13.5 Å². The van der Waals surface area contributed by atoms with Crippen molar-refractivity contribution >= 4 is 0 Å². The van der Waals surface area contributed by atoms with E-state index in [1.165, 1.54) is 6.26 Å². The van der Waals surface area contributed by atoms with Gasteiger partial charge in [-0.1, -0.05) is 5.11 Å². The molecule has 5 heteroatoms. The molecule has 0 amide bonds. The quantitative estimate of drug-likeness (QED) is 0.355. The van der Waals surface area contributed by atoms with Gasteiger partial charge < -0.3 is 4.42 Å². The zero-order valence-electron chi connectivity index (χ0n) is 5.48. The van der Waals surface area contributed by atoms with E-state index in [4.69, 9.17) is 9.95 Å². The summed E-state index contributed by atoms with van der Waals surface area (Å²) in [6, 6.07) is 0. The molecule has 0 aliphatic carbocycles. The zero-order chi connectivity index (χ0) is 7.40. The van der Waals surface area contributed by atoms with Crippen LogP contribution in [0, 0.1) is 6.92 Å². The zero-order valence-corrected chi connectivity index (χ0v) is 5.48. The second kappa shape index (κ2) is 2.89. The van der Waals surface area contributed by atoms with Crippen molar-refractivity contribution in [3.8, 4) is 0 Å². The number of aryl methyl sites for hydroxylation is 1. The SMILES string of the molecule is Cc1nc(CN=[N+]=[N-])co1. The van der Waals surface area contributed by atoms with E-state index in [1.807, 2.05) is 0 Å². The first kappa shape index (κ1) is 6.64. The highest BCUT2D eigenvalue weighted by Gasteiger charge is 1.95. The lowest BCUT2D eigenvalue weighted by Gasteiger charge is -1.78. The molecule has 0 bridgehead atoms. The van der Waals surface area contributed by atoms with E-state index >= 15 is 0 Å². The van der Waals surface area contributed by atoms with Gasteiger partial charge in [-0.2, -0.15) is 0 Å². The molecule has 0 saturated carbocycles. The maximum Gasteiger partial charge on any atom is 0.191 e. The van der Waals surface area contributed by atoms with Crippen molar-refractivity contribution < 1.29 is 4.42 Å². The fraction of sp³-hybridized carbons (Fsp3) is 0.400. The molecule has 0 spiro atoms. The molecule has 0 radical (unpaired) electrons. The lowest BCUT2D eigenvalue weighted by Crippen LogP contribution is -1.78. The highest BCUT2D eigenvalue weighted by atomic mass is 16.3. The van der Waals surface area contributed by atoms with Crippen LogP contribution in [0.25, 0.3) is 10.4 Å². The van der Waals surface area contributed by atoms with E-state index in [9.17, 15) is 0 Å². The highest BCUT2D eigenvalue weighted by Crippen LogP contribution is 2.00. The molecule has 1 aromatic heterocycles. The lowest BCUT2D eigenvalue weighted by atomic mass is 10.5. The number of nitrogens with zero attached hydrogens (tertiary/aromatic N) is 4. The van der Waals surface area contributed by atoms with Crippen LogP contribution in [-0.2, 0) is 6.54 Å². The van der Waals surface area contributed by atoms with Crippen LogP contribution >= 0.6 is 0 Å². The topological polar surface area (TPSA) is 74.8 Å². The molecular formula is C5H6N4O. The summed E-state index contributed by atoms with van der Waals surface area (Å²) in [4.78, 5) is 6.50. The summed E-state index contributed by atoms with van der Waals surface area (Å²) in [6.45, 7) is 1.99. The van der Waals surface area contributed by atoms with E-state index in [1.54, 1.807) is 6.92 Å². The maximum atomic E-state index is 7.93. The maximum absolute atomic E-state index is 7.93. The third-order valence-electron chi connectivity index (χ3n) is 0.963. The number of aromatic nitrogens is 1. The Kier molecular flexibility index (Phi) is 1.92. The minimum absolute atomic E-state index is 0.258. The van der Waals surface area contributed by atoms with Crippen molar-refractivity contribution in [2.75, 3.05) is 0 Å². The van der Waals surface area contributed by atoms with E-state index < -0.39 is 0 Å². The van der Waals surface area contributed by atoms with Gasteiger partial charge in [-0.05, 0) is 5.53 Å². The van der Waals surface area contributed by atoms with Gasteiger partial charge in [0.05, 0.1) is 12.2 Å². The van der Waals surface area contributed by atoms with Crippen LogP contribution in [0.4, 0.5) is 0 Å². The Morgan fingerprint density at radius 2 is 2.70 bits per heavy atom. The number of azide groups is 1. The van der Waals surface area contributed by atoms with Crippen molar-refractivity contribution in [1.82, 2.24) is 4.98 Å². The molecule has 10 heavy (non-hydrogen) atoms. The van der Waals surface area contributed by atoms with Crippen molar-refractivity contribution in [3.63, 3.8) is 0 Å². The van der Waals surface area contributed by atoms with E-state index in [0.29, 0.717) is 11.6 Å². The molecule has 0 N–H and O–H groups in total.